The first-order chi connectivity index (χ1) is 14.1. The van der Waals surface area contributed by atoms with Gasteiger partial charge in [0, 0.05) is 25.2 Å². The largest absolute Gasteiger partial charge is 0.497 e. The van der Waals surface area contributed by atoms with Gasteiger partial charge in [-0.05, 0) is 41.8 Å². The molecular formula is C23H21FN2O3. The molecule has 4 rings (SSSR count). The first-order valence-corrected chi connectivity index (χ1v) is 9.36. The Balaban J connectivity index is 1.50. The number of furan rings is 1. The van der Waals surface area contributed by atoms with Crippen molar-refractivity contribution in [1.29, 1.82) is 0 Å². The van der Waals surface area contributed by atoms with Gasteiger partial charge in [-0.15, -0.1) is 0 Å². The molecule has 1 N–H and O–H groups in total. The van der Waals surface area contributed by atoms with E-state index in [1.54, 1.807) is 25.5 Å². The number of rotatable bonds is 7. The summed E-state index contributed by atoms with van der Waals surface area (Å²) in [5.74, 6) is 0.288. The third kappa shape index (κ3) is 4.16. The smallest absolute Gasteiger partial charge is 0.268 e. The van der Waals surface area contributed by atoms with Crippen LogP contribution in [0, 0.1) is 5.82 Å². The molecule has 5 nitrogen and oxygen atoms in total. The van der Waals surface area contributed by atoms with Crippen LogP contribution < -0.4 is 10.1 Å². The SMILES string of the molecule is COc1cccc(CCNC(=O)c2cc3occc3n2Cc2cccc(F)c2)c1. The Kier molecular flexibility index (Phi) is 5.33. The van der Waals surface area contributed by atoms with Crippen LogP contribution in [-0.2, 0) is 13.0 Å². The van der Waals surface area contributed by atoms with Crippen LogP contribution in [0.2, 0.25) is 0 Å². The topological polar surface area (TPSA) is 56.4 Å². The number of nitrogens with one attached hydrogen (secondary N) is 1. The maximum absolute atomic E-state index is 13.6. The van der Waals surface area contributed by atoms with E-state index in [2.05, 4.69) is 5.32 Å². The van der Waals surface area contributed by atoms with Gasteiger partial charge in [0.15, 0.2) is 5.58 Å². The van der Waals surface area contributed by atoms with Gasteiger partial charge in [-0.1, -0.05) is 24.3 Å². The van der Waals surface area contributed by atoms with E-state index < -0.39 is 0 Å². The van der Waals surface area contributed by atoms with E-state index in [1.165, 1.54) is 12.1 Å². The van der Waals surface area contributed by atoms with Gasteiger partial charge >= 0.3 is 0 Å². The van der Waals surface area contributed by atoms with Crippen molar-refractivity contribution in [1.82, 2.24) is 9.88 Å². The number of benzene rings is 2. The van der Waals surface area contributed by atoms with Gasteiger partial charge in [0.25, 0.3) is 5.91 Å². The first-order valence-electron chi connectivity index (χ1n) is 9.36. The molecule has 0 saturated carbocycles. The summed E-state index contributed by atoms with van der Waals surface area (Å²) >= 11 is 0. The lowest BCUT2D eigenvalue weighted by molar-refractivity contribution is 0.0945. The van der Waals surface area contributed by atoms with Crippen LogP contribution in [0.3, 0.4) is 0 Å². The number of halogens is 1. The minimum atomic E-state index is -0.303. The molecule has 2 heterocycles. The number of nitrogens with zero attached hydrogens (tertiary/aromatic N) is 1. The molecule has 1 amide bonds. The molecule has 148 valence electrons. The minimum absolute atomic E-state index is 0.198. The summed E-state index contributed by atoms with van der Waals surface area (Å²) in [5.41, 5.74) is 3.75. The van der Waals surface area contributed by atoms with Crippen LogP contribution in [-0.4, -0.2) is 24.1 Å². The Bertz CT molecular complexity index is 1150. The lowest BCUT2D eigenvalue weighted by Crippen LogP contribution is -2.28. The zero-order valence-corrected chi connectivity index (χ0v) is 16.0. The molecule has 0 bridgehead atoms. The van der Waals surface area contributed by atoms with Crippen molar-refractivity contribution in [2.45, 2.75) is 13.0 Å². The molecule has 0 atom stereocenters. The molecule has 4 aromatic rings. The summed E-state index contributed by atoms with van der Waals surface area (Å²) in [6.45, 7) is 0.859. The van der Waals surface area contributed by atoms with E-state index in [0.717, 1.165) is 22.4 Å². The van der Waals surface area contributed by atoms with Gasteiger partial charge in [-0.2, -0.15) is 0 Å². The molecule has 0 radical (unpaired) electrons. The lowest BCUT2D eigenvalue weighted by atomic mass is 10.1. The standard InChI is InChI=1S/C23H21FN2O3/c1-28-19-7-3-4-16(13-19)8-10-25-23(27)21-14-22-20(9-11-29-22)26(21)15-17-5-2-6-18(24)12-17/h2-7,9,11-14H,8,10,15H2,1H3,(H,25,27). The predicted octanol–water partition coefficient (Wildman–Crippen LogP) is 4.40. The maximum Gasteiger partial charge on any atom is 0.268 e. The van der Waals surface area contributed by atoms with E-state index in [4.69, 9.17) is 9.15 Å². The average Bonchev–Trinajstić information content (AvgIpc) is 3.31. The Hall–Kier alpha value is -3.54. The quantitative estimate of drug-likeness (QED) is 0.507. The second-order valence-electron chi connectivity index (χ2n) is 6.77. The number of methoxy groups -OCH3 is 1. The summed E-state index contributed by atoms with van der Waals surface area (Å²) in [6, 6.07) is 17.6. The second kappa shape index (κ2) is 8.22. The van der Waals surface area contributed by atoms with Crippen molar-refractivity contribution >= 4 is 17.0 Å². The Morgan fingerprint density at radius 3 is 2.76 bits per heavy atom. The molecule has 0 fully saturated rings. The van der Waals surface area contributed by atoms with Crippen molar-refractivity contribution < 1.29 is 18.3 Å². The normalized spacial score (nSPS) is 11.0. The summed E-state index contributed by atoms with van der Waals surface area (Å²) in [7, 11) is 1.63. The highest BCUT2D eigenvalue weighted by molar-refractivity contribution is 5.97. The zero-order valence-electron chi connectivity index (χ0n) is 16.0. The second-order valence-corrected chi connectivity index (χ2v) is 6.77. The maximum atomic E-state index is 13.6. The van der Waals surface area contributed by atoms with Gasteiger partial charge in [0.2, 0.25) is 0 Å². The molecule has 0 saturated heterocycles. The predicted molar refractivity (Wildman–Crippen MR) is 109 cm³/mol. The fraction of sp³-hybridized carbons (Fsp3) is 0.174. The number of ether oxygens (including phenoxy) is 1. The monoisotopic (exact) mass is 392 g/mol. The Labute approximate surface area is 167 Å². The highest BCUT2D eigenvalue weighted by Gasteiger charge is 2.17. The number of carbonyl (C=O) groups is 1. The number of carbonyl (C=O) groups excluding carboxylic acids is 1. The fourth-order valence-corrected chi connectivity index (χ4v) is 3.39. The first kappa shape index (κ1) is 18.8. The van der Waals surface area contributed by atoms with Crippen molar-refractivity contribution in [3.63, 3.8) is 0 Å². The van der Waals surface area contributed by atoms with E-state index in [1.807, 2.05) is 41.0 Å². The molecule has 2 aromatic carbocycles. The summed E-state index contributed by atoms with van der Waals surface area (Å²) < 4.78 is 26.1. The lowest BCUT2D eigenvalue weighted by Gasteiger charge is -2.11. The third-order valence-corrected chi connectivity index (χ3v) is 4.82. The number of aromatic nitrogens is 1. The van der Waals surface area contributed by atoms with E-state index in [0.29, 0.717) is 30.8 Å². The van der Waals surface area contributed by atoms with E-state index in [-0.39, 0.29) is 11.7 Å². The summed E-state index contributed by atoms with van der Waals surface area (Å²) in [6.07, 6.45) is 2.26. The zero-order chi connectivity index (χ0) is 20.2. The fourth-order valence-electron chi connectivity index (χ4n) is 3.39. The van der Waals surface area contributed by atoms with Crippen LogP contribution in [0.1, 0.15) is 21.6 Å². The number of fused-ring (bicyclic) bond motifs is 1. The molecule has 0 aliphatic heterocycles. The summed E-state index contributed by atoms with van der Waals surface area (Å²) in [4.78, 5) is 12.8. The third-order valence-electron chi connectivity index (χ3n) is 4.82. The Morgan fingerprint density at radius 1 is 1.10 bits per heavy atom. The van der Waals surface area contributed by atoms with Gasteiger partial charge < -0.3 is 19.0 Å². The molecule has 0 spiro atoms. The van der Waals surface area contributed by atoms with Gasteiger partial charge in [-0.25, -0.2) is 4.39 Å². The van der Waals surface area contributed by atoms with Crippen LogP contribution in [0.15, 0.2) is 71.3 Å². The molecule has 0 aliphatic carbocycles. The highest BCUT2D eigenvalue weighted by atomic mass is 19.1. The van der Waals surface area contributed by atoms with Gasteiger partial charge in [-0.3, -0.25) is 4.79 Å². The molecule has 6 heteroatoms. The average molecular weight is 392 g/mol. The number of amides is 1. The highest BCUT2D eigenvalue weighted by Crippen LogP contribution is 2.23. The molecule has 0 unspecified atom stereocenters. The van der Waals surface area contributed by atoms with Crippen molar-refractivity contribution in [3.8, 4) is 5.75 Å². The number of hydrogen-bond donors (Lipinski definition) is 1. The van der Waals surface area contributed by atoms with Crippen LogP contribution >= 0.6 is 0 Å². The molecule has 2 aromatic heterocycles. The van der Waals surface area contributed by atoms with Crippen molar-refractivity contribution in [2.75, 3.05) is 13.7 Å². The molecule has 0 aliphatic rings. The summed E-state index contributed by atoms with van der Waals surface area (Å²) in [5, 5.41) is 2.96. The van der Waals surface area contributed by atoms with Gasteiger partial charge in [0.05, 0.1) is 18.9 Å². The van der Waals surface area contributed by atoms with Crippen LogP contribution in [0.25, 0.3) is 11.1 Å². The molecular weight excluding hydrogens is 371 g/mol. The van der Waals surface area contributed by atoms with Gasteiger partial charge in [0.1, 0.15) is 17.3 Å². The molecule has 29 heavy (non-hydrogen) atoms. The number of hydrogen-bond acceptors (Lipinski definition) is 3. The van der Waals surface area contributed by atoms with E-state index in [9.17, 15) is 9.18 Å². The van der Waals surface area contributed by atoms with Crippen LogP contribution in [0.4, 0.5) is 4.39 Å². The van der Waals surface area contributed by atoms with E-state index >= 15 is 0 Å². The minimum Gasteiger partial charge on any atom is -0.497 e. The van der Waals surface area contributed by atoms with Crippen molar-refractivity contribution in [3.05, 3.63) is 89.6 Å². The van der Waals surface area contributed by atoms with Crippen molar-refractivity contribution in [2.24, 2.45) is 0 Å². The Morgan fingerprint density at radius 2 is 1.93 bits per heavy atom. The van der Waals surface area contributed by atoms with Crippen LogP contribution in [0.5, 0.6) is 5.75 Å².